The van der Waals surface area contributed by atoms with Crippen LogP contribution < -0.4 is 5.32 Å². The molecule has 0 aromatic carbocycles. The Labute approximate surface area is 88.4 Å². The number of rotatable bonds is 0. The van der Waals surface area contributed by atoms with E-state index in [0.29, 0.717) is 13.1 Å². The van der Waals surface area contributed by atoms with E-state index < -0.39 is 0 Å². The van der Waals surface area contributed by atoms with Crippen molar-refractivity contribution in [1.82, 2.24) is 15.1 Å². The third-order valence-electron chi connectivity index (χ3n) is 3.63. The Morgan fingerprint density at radius 1 is 1.07 bits per heavy atom. The normalized spacial score (nSPS) is 35.5. The van der Waals surface area contributed by atoms with Crippen molar-refractivity contribution < 1.29 is 9.59 Å². The van der Waals surface area contributed by atoms with Gasteiger partial charge in [-0.2, -0.15) is 0 Å². The first-order valence-electron chi connectivity index (χ1n) is 5.61. The number of carbonyl (C=O) groups is 2. The number of nitrogens with one attached hydrogen (secondary N) is 1. The van der Waals surface area contributed by atoms with Gasteiger partial charge in [0.1, 0.15) is 12.1 Å². The van der Waals surface area contributed by atoms with E-state index in [2.05, 4.69) is 5.32 Å². The van der Waals surface area contributed by atoms with Gasteiger partial charge in [0.25, 0.3) is 0 Å². The lowest BCUT2D eigenvalue weighted by Gasteiger charge is -2.44. The van der Waals surface area contributed by atoms with E-state index in [1.165, 1.54) is 0 Å². The van der Waals surface area contributed by atoms with Crippen LogP contribution in [0, 0.1) is 0 Å². The summed E-state index contributed by atoms with van der Waals surface area (Å²) in [5.74, 6) is 0.308. The number of hydrogen-bond donors (Lipinski definition) is 1. The summed E-state index contributed by atoms with van der Waals surface area (Å²) in [6, 6.07) is -0.382. The minimum Gasteiger partial charge on any atom is -0.329 e. The van der Waals surface area contributed by atoms with Crippen molar-refractivity contribution in [2.45, 2.75) is 24.9 Å². The number of fused-ring (bicyclic) bond motifs is 2. The van der Waals surface area contributed by atoms with E-state index in [-0.39, 0.29) is 23.9 Å². The second-order valence-electron chi connectivity index (χ2n) is 4.44. The molecule has 0 aliphatic carbocycles. The monoisotopic (exact) mass is 209 g/mol. The summed E-state index contributed by atoms with van der Waals surface area (Å²) in [6.07, 6.45) is 1.82. The van der Waals surface area contributed by atoms with Crippen molar-refractivity contribution in [2.75, 3.05) is 26.2 Å². The molecule has 5 heteroatoms. The highest BCUT2D eigenvalue weighted by atomic mass is 16.2. The van der Waals surface area contributed by atoms with Crippen molar-refractivity contribution in [3.05, 3.63) is 0 Å². The predicted molar refractivity (Wildman–Crippen MR) is 53.1 cm³/mol. The van der Waals surface area contributed by atoms with E-state index in [4.69, 9.17) is 0 Å². The van der Waals surface area contributed by atoms with Crippen molar-refractivity contribution in [3.63, 3.8) is 0 Å². The molecule has 0 radical (unpaired) electrons. The Bertz CT molecular complexity index is 288. The fraction of sp³-hybridized carbons (Fsp3) is 0.800. The molecule has 0 aromatic heterocycles. The summed E-state index contributed by atoms with van der Waals surface area (Å²) < 4.78 is 0. The molecule has 3 aliphatic rings. The molecule has 2 atom stereocenters. The van der Waals surface area contributed by atoms with Gasteiger partial charge in [-0.15, -0.1) is 0 Å². The summed E-state index contributed by atoms with van der Waals surface area (Å²) in [5, 5.41) is 3.17. The zero-order valence-corrected chi connectivity index (χ0v) is 8.61. The summed E-state index contributed by atoms with van der Waals surface area (Å²) in [7, 11) is 0. The smallest absolute Gasteiger partial charge is 0.247 e. The maximum Gasteiger partial charge on any atom is 0.247 e. The second kappa shape index (κ2) is 3.20. The SMILES string of the molecule is O=C1[C@@H]2CNCCN2C(=O)[C@@H]2CCCN12. The highest BCUT2D eigenvalue weighted by Crippen LogP contribution is 2.27. The lowest BCUT2D eigenvalue weighted by Crippen LogP contribution is -2.68. The van der Waals surface area contributed by atoms with Gasteiger partial charge in [0.2, 0.25) is 11.8 Å². The van der Waals surface area contributed by atoms with Gasteiger partial charge in [0.15, 0.2) is 0 Å². The number of carbonyl (C=O) groups excluding carboxylic acids is 2. The highest BCUT2D eigenvalue weighted by Gasteiger charge is 2.48. The molecule has 0 unspecified atom stereocenters. The first-order valence-corrected chi connectivity index (χ1v) is 5.61. The zero-order chi connectivity index (χ0) is 10.4. The van der Waals surface area contributed by atoms with Crippen LogP contribution in [0.4, 0.5) is 0 Å². The van der Waals surface area contributed by atoms with Crippen LogP contribution in [0.1, 0.15) is 12.8 Å². The fourth-order valence-corrected chi connectivity index (χ4v) is 2.86. The Morgan fingerprint density at radius 2 is 1.80 bits per heavy atom. The van der Waals surface area contributed by atoms with Crippen molar-refractivity contribution in [1.29, 1.82) is 0 Å². The molecule has 3 fully saturated rings. The summed E-state index contributed by atoms with van der Waals surface area (Å²) in [4.78, 5) is 27.7. The molecule has 3 aliphatic heterocycles. The fourth-order valence-electron chi connectivity index (χ4n) is 2.86. The molecule has 2 amide bonds. The molecule has 0 aromatic rings. The lowest BCUT2D eigenvalue weighted by atomic mass is 10.0. The molecule has 1 N–H and O–H groups in total. The first kappa shape index (κ1) is 9.15. The van der Waals surface area contributed by atoms with Crippen molar-refractivity contribution >= 4 is 11.8 Å². The minimum absolute atomic E-state index is 0.143. The average molecular weight is 209 g/mol. The third-order valence-corrected chi connectivity index (χ3v) is 3.63. The molecule has 0 spiro atoms. The molecular weight excluding hydrogens is 194 g/mol. The van der Waals surface area contributed by atoms with Crippen LogP contribution in [0.15, 0.2) is 0 Å². The molecule has 3 rings (SSSR count). The van der Waals surface area contributed by atoms with Gasteiger partial charge in [0, 0.05) is 26.2 Å². The minimum atomic E-state index is -0.236. The average Bonchev–Trinajstić information content (AvgIpc) is 2.75. The van der Waals surface area contributed by atoms with Crippen LogP contribution in [0.5, 0.6) is 0 Å². The quantitative estimate of drug-likeness (QED) is 0.545. The van der Waals surface area contributed by atoms with Crippen LogP contribution >= 0.6 is 0 Å². The molecule has 3 saturated heterocycles. The first-order chi connectivity index (χ1) is 7.29. The number of piperazine rings is 2. The Kier molecular flexibility index (Phi) is 1.95. The van der Waals surface area contributed by atoms with Crippen molar-refractivity contribution in [2.24, 2.45) is 0 Å². The molecule has 0 bridgehead atoms. The van der Waals surface area contributed by atoms with Gasteiger partial charge in [-0.05, 0) is 12.8 Å². The number of amides is 2. The molecule has 82 valence electrons. The Morgan fingerprint density at radius 3 is 2.67 bits per heavy atom. The maximum atomic E-state index is 12.1. The zero-order valence-electron chi connectivity index (χ0n) is 8.61. The van der Waals surface area contributed by atoms with Gasteiger partial charge >= 0.3 is 0 Å². The predicted octanol–water partition coefficient (Wildman–Crippen LogP) is -1.21. The van der Waals surface area contributed by atoms with Crippen LogP contribution in [0.25, 0.3) is 0 Å². The van der Waals surface area contributed by atoms with Gasteiger partial charge < -0.3 is 15.1 Å². The van der Waals surface area contributed by atoms with E-state index in [0.717, 1.165) is 25.9 Å². The molecule has 0 saturated carbocycles. The van der Waals surface area contributed by atoms with E-state index in [1.807, 2.05) is 0 Å². The number of hydrogen-bond acceptors (Lipinski definition) is 3. The molecule has 5 nitrogen and oxygen atoms in total. The van der Waals surface area contributed by atoms with Crippen LogP contribution in [-0.4, -0.2) is 59.9 Å². The number of nitrogens with zero attached hydrogens (tertiary/aromatic N) is 2. The van der Waals surface area contributed by atoms with E-state index in [1.54, 1.807) is 9.80 Å². The summed E-state index contributed by atoms with van der Waals surface area (Å²) >= 11 is 0. The van der Waals surface area contributed by atoms with Gasteiger partial charge in [0.05, 0.1) is 0 Å². The van der Waals surface area contributed by atoms with Gasteiger partial charge in [-0.25, -0.2) is 0 Å². The summed E-state index contributed by atoms with van der Waals surface area (Å²) in [5.41, 5.74) is 0. The second-order valence-corrected chi connectivity index (χ2v) is 4.44. The lowest BCUT2D eigenvalue weighted by molar-refractivity contribution is -0.160. The molecule has 3 heterocycles. The Balaban J connectivity index is 1.92. The van der Waals surface area contributed by atoms with Gasteiger partial charge in [-0.1, -0.05) is 0 Å². The summed E-state index contributed by atoms with van der Waals surface area (Å²) in [6.45, 7) is 2.87. The molecule has 15 heavy (non-hydrogen) atoms. The van der Waals surface area contributed by atoms with Crippen LogP contribution in [-0.2, 0) is 9.59 Å². The topological polar surface area (TPSA) is 52.7 Å². The largest absolute Gasteiger partial charge is 0.329 e. The maximum absolute atomic E-state index is 12.1. The highest BCUT2D eigenvalue weighted by molar-refractivity contribution is 5.97. The molecular formula is C10H15N3O2. The van der Waals surface area contributed by atoms with Crippen LogP contribution in [0.2, 0.25) is 0 Å². The standard InChI is InChI=1S/C10H15N3O2/c14-9-7-2-1-4-12(7)10(15)8-6-11-3-5-13(8)9/h7-8,11H,1-6H2/t7-,8-/m0/s1. The van der Waals surface area contributed by atoms with Crippen molar-refractivity contribution in [3.8, 4) is 0 Å². The third kappa shape index (κ3) is 1.19. The Hall–Kier alpha value is -1.10. The van der Waals surface area contributed by atoms with Gasteiger partial charge in [-0.3, -0.25) is 9.59 Å². The van der Waals surface area contributed by atoms with E-state index in [9.17, 15) is 9.59 Å². The van der Waals surface area contributed by atoms with Crippen LogP contribution in [0.3, 0.4) is 0 Å². The van der Waals surface area contributed by atoms with E-state index >= 15 is 0 Å².